The molecule has 1 aromatic rings. The first-order valence-electron chi connectivity index (χ1n) is 9.99. The molecular weight excluding hydrogens is 341 g/mol. The lowest BCUT2D eigenvalue weighted by atomic mass is 9.78. The molecule has 1 aliphatic heterocycles. The van der Waals surface area contributed by atoms with Gasteiger partial charge in [-0.1, -0.05) is 25.7 Å². The molecule has 1 saturated heterocycles. The van der Waals surface area contributed by atoms with E-state index in [9.17, 15) is 13.2 Å². The van der Waals surface area contributed by atoms with Crippen LogP contribution < -0.4 is 0 Å². The van der Waals surface area contributed by atoms with Crippen LogP contribution in [0.5, 0.6) is 0 Å². The summed E-state index contributed by atoms with van der Waals surface area (Å²) in [6.45, 7) is 1.59. The molecule has 0 bridgehead atoms. The Morgan fingerprint density at radius 3 is 1.85 bits per heavy atom. The predicted molar refractivity (Wildman–Crippen MR) is 92.2 cm³/mol. The van der Waals surface area contributed by atoms with Crippen LogP contribution in [0.25, 0.3) is 0 Å². The van der Waals surface area contributed by atoms with E-state index in [1.54, 1.807) is 0 Å². The van der Waals surface area contributed by atoms with E-state index in [1.807, 2.05) is 0 Å². The van der Waals surface area contributed by atoms with E-state index < -0.39 is 17.5 Å². The lowest BCUT2D eigenvalue weighted by Gasteiger charge is -2.39. The Hall–Kier alpha value is -1.07. The Balaban J connectivity index is 1.29. The van der Waals surface area contributed by atoms with Gasteiger partial charge < -0.3 is 9.47 Å². The molecule has 3 aliphatic rings. The molecule has 2 aliphatic carbocycles. The smallest absolute Gasteiger partial charge is 0.194 e. The third-order valence-corrected chi connectivity index (χ3v) is 6.65. The van der Waals surface area contributed by atoms with Crippen LogP contribution in [0, 0.1) is 35.2 Å². The molecule has 0 amide bonds. The monoisotopic (exact) mass is 368 g/mol. The first kappa shape index (κ1) is 18.3. The lowest BCUT2D eigenvalue weighted by Crippen LogP contribution is -2.40. The third kappa shape index (κ3) is 3.79. The van der Waals surface area contributed by atoms with Gasteiger partial charge in [-0.2, -0.15) is 0 Å². The van der Waals surface area contributed by atoms with Gasteiger partial charge >= 0.3 is 0 Å². The van der Waals surface area contributed by atoms with Gasteiger partial charge in [-0.05, 0) is 55.2 Å². The van der Waals surface area contributed by atoms with Crippen molar-refractivity contribution in [2.45, 2.75) is 63.6 Å². The molecule has 0 radical (unpaired) electrons. The second-order valence-corrected chi connectivity index (χ2v) is 8.25. The van der Waals surface area contributed by atoms with Crippen molar-refractivity contribution in [3.05, 3.63) is 35.1 Å². The van der Waals surface area contributed by atoms with Crippen molar-refractivity contribution in [2.75, 3.05) is 13.2 Å². The summed E-state index contributed by atoms with van der Waals surface area (Å²) in [4.78, 5) is 0. The summed E-state index contributed by atoms with van der Waals surface area (Å²) in [6.07, 6.45) is 8.59. The van der Waals surface area contributed by atoms with Gasteiger partial charge in [-0.15, -0.1) is 0 Å². The number of benzene rings is 1. The minimum Gasteiger partial charge on any atom is -0.352 e. The van der Waals surface area contributed by atoms with Crippen molar-refractivity contribution in [1.29, 1.82) is 0 Å². The van der Waals surface area contributed by atoms with Gasteiger partial charge in [-0.3, -0.25) is 0 Å². The summed E-state index contributed by atoms with van der Waals surface area (Å²) in [5.74, 6) is -1.87. The highest BCUT2D eigenvalue weighted by atomic mass is 19.2. The van der Waals surface area contributed by atoms with Crippen LogP contribution in [0.1, 0.15) is 62.8 Å². The van der Waals surface area contributed by atoms with E-state index >= 15 is 0 Å². The van der Waals surface area contributed by atoms with Gasteiger partial charge in [-0.25, -0.2) is 13.2 Å². The molecule has 2 nitrogen and oxygen atoms in total. The van der Waals surface area contributed by atoms with Crippen molar-refractivity contribution < 1.29 is 22.6 Å². The molecule has 1 aromatic carbocycles. The van der Waals surface area contributed by atoms with Crippen molar-refractivity contribution in [2.24, 2.45) is 17.8 Å². The zero-order valence-electron chi connectivity index (χ0n) is 15.1. The van der Waals surface area contributed by atoms with Gasteiger partial charge in [0.05, 0.1) is 13.2 Å². The average molecular weight is 368 g/mol. The summed E-state index contributed by atoms with van der Waals surface area (Å²) in [6, 6.07) is 2.28. The summed E-state index contributed by atoms with van der Waals surface area (Å²) >= 11 is 0. The van der Waals surface area contributed by atoms with Crippen LogP contribution >= 0.6 is 0 Å². The first-order valence-corrected chi connectivity index (χ1v) is 9.99. The number of halogens is 3. The van der Waals surface area contributed by atoms with Gasteiger partial charge in [0.1, 0.15) is 0 Å². The van der Waals surface area contributed by atoms with E-state index in [2.05, 4.69) is 0 Å². The van der Waals surface area contributed by atoms with Crippen LogP contribution in [-0.2, 0) is 9.47 Å². The standard InChI is InChI=1S/C21H27F3O2/c22-18-9-16(10-19(23)20(18)24)14-5-7-15(8-6-14)21-25-11-17(12-26-21)13-3-1-2-4-13/h9-10,13-15,17,21H,1-8,11-12H2/t14-,15-,17-,21-. The maximum absolute atomic E-state index is 13.5. The zero-order valence-corrected chi connectivity index (χ0v) is 15.1. The fraction of sp³-hybridized carbons (Fsp3) is 0.714. The Bertz CT molecular complexity index is 591. The zero-order chi connectivity index (χ0) is 18.1. The van der Waals surface area contributed by atoms with Crippen LogP contribution in [-0.4, -0.2) is 19.5 Å². The topological polar surface area (TPSA) is 18.5 Å². The Morgan fingerprint density at radius 2 is 1.27 bits per heavy atom. The maximum atomic E-state index is 13.5. The van der Waals surface area contributed by atoms with Crippen molar-refractivity contribution in [1.82, 2.24) is 0 Å². The second kappa shape index (κ2) is 7.89. The van der Waals surface area contributed by atoms with Gasteiger partial charge in [0.2, 0.25) is 0 Å². The molecule has 0 unspecified atom stereocenters. The molecule has 2 saturated carbocycles. The van der Waals surface area contributed by atoms with Crippen molar-refractivity contribution in [3.63, 3.8) is 0 Å². The van der Waals surface area contributed by atoms with Crippen LogP contribution in [0.2, 0.25) is 0 Å². The van der Waals surface area contributed by atoms with Crippen LogP contribution in [0.15, 0.2) is 12.1 Å². The number of hydrogen-bond acceptors (Lipinski definition) is 2. The van der Waals surface area contributed by atoms with E-state index in [4.69, 9.17) is 9.47 Å². The highest BCUT2D eigenvalue weighted by molar-refractivity contribution is 5.23. The average Bonchev–Trinajstić information content (AvgIpc) is 3.21. The fourth-order valence-corrected chi connectivity index (χ4v) is 5.04. The SMILES string of the molecule is Fc1cc([C@H]2CC[C@H]([C@H]3OC[C@H](C4CCCC4)CO3)CC2)cc(F)c1F. The van der Waals surface area contributed by atoms with Gasteiger partial charge in [0.15, 0.2) is 23.7 Å². The molecule has 0 spiro atoms. The summed E-state index contributed by atoms with van der Waals surface area (Å²) in [7, 11) is 0. The molecule has 5 heteroatoms. The van der Waals surface area contributed by atoms with E-state index in [0.29, 0.717) is 17.4 Å². The van der Waals surface area contributed by atoms with Gasteiger partial charge in [0, 0.05) is 11.8 Å². The summed E-state index contributed by atoms with van der Waals surface area (Å²) in [5.41, 5.74) is 0.562. The second-order valence-electron chi connectivity index (χ2n) is 8.25. The molecule has 144 valence electrons. The molecule has 1 heterocycles. The molecule has 0 atom stereocenters. The highest BCUT2D eigenvalue weighted by Gasteiger charge is 2.36. The minimum atomic E-state index is -1.39. The molecule has 4 rings (SSSR count). The Morgan fingerprint density at radius 1 is 0.692 bits per heavy atom. The molecule has 0 aromatic heterocycles. The normalized spacial score (nSPS) is 33.5. The quantitative estimate of drug-likeness (QED) is 0.651. The molecule has 26 heavy (non-hydrogen) atoms. The Labute approximate surface area is 153 Å². The maximum Gasteiger partial charge on any atom is 0.194 e. The Kier molecular flexibility index (Phi) is 5.55. The fourth-order valence-electron chi connectivity index (χ4n) is 5.04. The van der Waals surface area contributed by atoms with Crippen LogP contribution in [0.3, 0.4) is 0 Å². The largest absolute Gasteiger partial charge is 0.352 e. The number of rotatable bonds is 3. The van der Waals surface area contributed by atoms with Gasteiger partial charge in [0.25, 0.3) is 0 Å². The van der Waals surface area contributed by atoms with E-state index in [-0.39, 0.29) is 12.2 Å². The predicted octanol–water partition coefficient (Wildman–Crippen LogP) is 5.56. The third-order valence-electron chi connectivity index (χ3n) is 6.65. The van der Waals surface area contributed by atoms with E-state index in [0.717, 1.165) is 56.9 Å². The molecular formula is C21H27F3O2. The number of ether oxygens (including phenoxy) is 2. The summed E-state index contributed by atoms with van der Waals surface area (Å²) in [5, 5.41) is 0. The van der Waals surface area contributed by atoms with Crippen LogP contribution in [0.4, 0.5) is 13.2 Å². The molecule has 0 N–H and O–H groups in total. The first-order chi connectivity index (χ1) is 12.6. The van der Waals surface area contributed by atoms with Crippen molar-refractivity contribution >= 4 is 0 Å². The molecule has 3 fully saturated rings. The van der Waals surface area contributed by atoms with E-state index in [1.165, 1.54) is 25.7 Å². The number of hydrogen-bond donors (Lipinski definition) is 0. The minimum absolute atomic E-state index is 0.0747. The van der Waals surface area contributed by atoms with Crippen molar-refractivity contribution in [3.8, 4) is 0 Å². The highest BCUT2D eigenvalue weighted by Crippen LogP contribution is 2.41. The lowest BCUT2D eigenvalue weighted by molar-refractivity contribution is -0.234. The summed E-state index contributed by atoms with van der Waals surface area (Å²) < 4.78 is 52.2.